The summed E-state index contributed by atoms with van der Waals surface area (Å²) in [5, 5.41) is 10.5. The molecule has 0 bridgehead atoms. The van der Waals surface area contributed by atoms with E-state index in [0.29, 0.717) is 18.6 Å². The number of ether oxygens (including phenoxy) is 1. The Kier molecular flexibility index (Phi) is 5.54. The molecule has 7 heteroatoms. The third-order valence-electron chi connectivity index (χ3n) is 2.19. The van der Waals surface area contributed by atoms with Crippen LogP contribution in [0.15, 0.2) is 15.7 Å². The van der Waals surface area contributed by atoms with Crippen LogP contribution in [0.25, 0.3) is 0 Å². The minimum atomic E-state index is -3.48. The van der Waals surface area contributed by atoms with Crippen molar-refractivity contribution in [1.29, 1.82) is 0 Å². The topological polar surface area (TPSA) is 75.6 Å². The first-order valence-electron chi connectivity index (χ1n) is 5.19. The Hall–Kier alpha value is -0.470. The Morgan fingerprint density at radius 1 is 1.59 bits per heavy atom. The quantitative estimate of drug-likeness (QED) is 0.779. The number of hydrogen-bond acceptors (Lipinski definition) is 5. The molecule has 0 fully saturated rings. The highest BCUT2D eigenvalue weighted by Gasteiger charge is 2.19. The second-order valence-electron chi connectivity index (χ2n) is 3.74. The van der Waals surface area contributed by atoms with Crippen LogP contribution < -0.4 is 4.72 Å². The summed E-state index contributed by atoms with van der Waals surface area (Å²) >= 11 is 1.11. The van der Waals surface area contributed by atoms with E-state index in [4.69, 9.17) is 9.84 Å². The number of sulfonamides is 1. The molecule has 0 saturated carbocycles. The summed E-state index contributed by atoms with van der Waals surface area (Å²) in [6, 6.07) is 1.30. The first-order valence-corrected chi connectivity index (χ1v) is 7.55. The summed E-state index contributed by atoms with van der Waals surface area (Å²) in [4.78, 5) is 0. The van der Waals surface area contributed by atoms with Crippen LogP contribution in [-0.4, -0.2) is 33.3 Å². The number of thiophene rings is 1. The lowest BCUT2D eigenvalue weighted by molar-refractivity contribution is 0.188. The zero-order valence-corrected chi connectivity index (χ0v) is 11.5. The minimum Gasteiger partial charge on any atom is -0.392 e. The van der Waals surface area contributed by atoms with Gasteiger partial charge in [0.05, 0.1) is 6.61 Å². The molecular weight excluding hydrogens is 262 g/mol. The molecular formula is C10H17NO4S2. The fourth-order valence-corrected chi connectivity index (χ4v) is 3.75. The smallest absolute Gasteiger partial charge is 0.250 e. The van der Waals surface area contributed by atoms with Gasteiger partial charge in [0.1, 0.15) is 4.21 Å². The van der Waals surface area contributed by atoms with Crippen molar-refractivity contribution in [2.75, 3.05) is 13.7 Å². The maximum Gasteiger partial charge on any atom is 0.250 e. The van der Waals surface area contributed by atoms with Gasteiger partial charge < -0.3 is 9.84 Å². The Morgan fingerprint density at radius 3 is 2.82 bits per heavy atom. The molecule has 0 aliphatic rings. The van der Waals surface area contributed by atoms with Crippen molar-refractivity contribution in [1.82, 2.24) is 4.72 Å². The molecule has 0 amide bonds. The van der Waals surface area contributed by atoms with E-state index >= 15 is 0 Å². The molecule has 1 atom stereocenters. The third kappa shape index (κ3) is 4.36. The summed E-state index contributed by atoms with van der Waals surface area (Å²) in [5.74, 6) is 0. The standard InChI is InChI=1S/C10H17NO4S2/c1-8(3-4-15-2)11-17(13,14)10-5-9(6-12)7-16-10/h5,7-8,11-12H,3-4,6H2,1-2H3. The Morgan fingerprint density at radius 2 is 2.29 bits per heavy atom. The van der Waals surface area contributed by atoms with E-state index in [1.54, 1.807) is 19.4 Å². The first-order chi connectivity index (χ1) is 7.99. The highest BCUT2D eigenvalue weighted by molar-refractivity contribution is 7.91. The lowest BCUT2D eigenvalue weighted by Crippen LogP contribution is -2.32. The fourth-order valence-electron chi connectivity index (χ4n) is 1.25. The monoisotopic (exact) mass is 279 g/mol. The van der Waals surface area contributed by atoms with Gasteiger partial charge in [-0.25, -0.2) is 13.1 Å². The van der Waals surface area contributed by atoms with E-state index in [-0.39, 0.29) is 16.9 Å². The largest absolute Gasteiger partial charge is 0.392 e. The van der Waals surface area contributed by atoms with E-state index in [1.807, 2.05) is 0 Å². The lowest BCUT2D eigenvalue weighted by Gasteiger charge is -2.12. The zero-order chi connectivity index (χ0) is 12.9. The molecule has 0 spiro atoms. The van der Waals surface area contributed by atoms with Crippen LogP contribution in [0.1, 0.15) is 18.9 Å². The van der Waals surface area contributed by atoms with Crippen molar-refractivity contribution in [2.45, 2.75) is 30.2 Å². The SMILES string of the molecule is COCCC(C)NS(=O)(=O)c1cc(CO)cs1. The Balaban J connectivity index is 2.68. The van der Waals surface area contributed by atoms with E-state index < -0.39 is 10.0 Å². The van der Waals surface area contributed by atoms with Gasteiger partial charge in [0, 0.05) is 19.8 Å². The van der Waals surface area contributed by atoms with Crippen LogP contribution in [0.2, 0.25) is 0 Å². The van der Waals surface area contributed by atoms with Gasteiger partial charge >= 0.3 is 0 Å². The second-order valence-corrected chi connectivity index (χ2v) is 6.59. The lowest BCUT2D eigenvalue weighted by atomic mass is 10.3. The molecule has 0 aliphatic heterocycles. The van der Waals surface area contributed by atoms with Gasteiger partial charge in [-0.05, 0) is 30.4 Å². The number of nitrogens with one attached hydrogen (secondary N) is 1. The molecule has 0 aromatic carbocycles. The summed E-state index contributed by atoms with van der Waals surface area (Å²) < 4.78 is 31.5. The molecule has 0 aliphatic carbocycles. The maximum absolute atomic E-state index is 11.9. The molecule has 1 rings (SSSR count). The van der Waals surface area contributed by atoms with Crippen LogP contribution in [0, 0.1) is 0 Å². The maximum atomic E-state index is 11.9. The number of aliphatic hydroxyl groups is 1. The molecule has 1 aromatic heterocycles. The number of rotatable bonds is 7. The van der Waals surface area contributed by atoms with Gasteiger partial charge in [-0.2, -0.15) is 0 Å². The number of methoxy groups -OCH3 is 1. The predicted octanol–water partition coefficient (Wildman–Crippen LogP) is 0.944. The molecule has 1 aromatic rings. The average Bonchev–Trinajstić information content (AvgIpc) is 2.75. The van der Waals surface area contributed by atoms with E-state index in [9.17, 15) is 8.42 Å². The normalized spacial score (nSPS) is 13.8. The molecule has 0 radical (unpaired) electrons. The number of hydrogen-bond donors (Lipinski definition) is 2. The van der Waals surface area contributed by atoms with Crippen LogP contribution in [0.4, 0.5) is 0 Å². The van der Waals surface area contributed by atoms with Crippen molar-refractivity contribution in [2.24, 2.45) is 0 Å². The zero-order valence-electron chi connectivity index (χ0n) is 9.84. The van der Waals surface area contributed by atoms with Crippen LogP contribution >= 0.6 is 11.3 Å². The van der Waals surface area contributed by atoms with Gasteiger partial charge in [-0.3, -0.25) is 0 Å². The van der Waals surface area contributed by atoms with Gasteiger partial charge in [0.2, 0.25) is 10.0 Å². The second kappa shape index (κ2) is 6.46. The molecule has 17 heavy (non-hydrogen) atoms. The summed E-state index contributed by atoms with van der Waals surface area (Å²) in [6.07, 6.45) is 0.619. The molecule has 5 nitrogen and oxygen atoms in total. The molecule has 1 unspecified atom stereocenters. The molecule has 98 valence electrons. The third-order valence-corrected chi connectivity index (χ3v) is 5.27. The van der Waals surface area contributed by atoms with E-state index in [1.165, 1.54) is 6.07 Å². The number of aliphatic hydroxyl groups excluding tert-OH is 1. The van der Waals surface area contributed by atoms with E-state index in [0.717, 1.165) is 11.3 Å². The predicted molar refractivity (Wildman–Crippen MR) is 66.5 cm³/mol. The van der Waals surface area contributed by atoms with Crippen LogP contribution in [0.3, 0.4) is 0 Å². The molecule has 2 N–H and O–H groups in total. The summed E-state index contributed by atoms with van der Waals surface area (Å²) in [5.41, 5.74) is 0.611. The van der Waals surface area contributed by atoms with Crippen molar-refractivity contribution in [3.63, 3.8) is 0 Å². The van der Waals surface area contributed by atoms with Gasteiger partial charge in [-0.1, -0.05) is 0 Å². The van der Waals surface area contributed by atoms with Crippen LogP contribution in [0.5, 0.6) is 0 Å². The van der Waals surface area contributed by atoms with Gasteiger partial charge in [0.25, 0.3) is 0 Å². The summed E-state index contributed by atoms with van der Waals surface area (Å²) in [6.45, 7) is 2.15. The highest BCUT2D eigenvalue weighted by Crippen LogP contribution is 2.20. The van der Waals surface area contributed by atoms with Crippen molar-refractivity contribution >= 4 is 21.4 Å². The highest BCUT2D eigenvalue weighted by atomic mass is 32.2. The Labute approximate surface area is 105 Å². The minimum absolute atomic E-state index is 0.148. The molecule has 1 heterocycles. The van der Waals surface area contributed by atoms with Crippen LogP contribution in [-0.2, 0) is 21.4 Å². The Bertz CT molecular complexity index is 441. The van der Waals surface area contributed by atoms with Gasteiger partial charge in [0.15, 0.2) is 0 Å². The molecule has 0 saturated heterocycles. The van der Waals surface area contributed by atoms with Crippen molar-refractivity contribution < 1.29 is 18.3 Å². The summed E-state index contributed by atoms with van der Waals surface area (Å²) in [7, 11) is -1.90. The fraction of sp³-hybridized carbons (Fsp3) is 0.600. The average molecular weight is 279 g/mol. The van der Waals surface area contributed by atoms with Crippen molar-refractivity contribution in [3.05, 3.63) is 17.0 Å². The van der Waals surface area contributed by atoms with Gasteiger partial charge in [-0.15, -0.1) is 11.3 Å². The first kappa shape index (κ1) is 14.6. The van der Waals surface area contributed by atoms with Crippen molar-refractivity contribution in [3.8, 4) is 0 Å². The van der Waals surface area contributed by atoms with E-state index in [2.05, 4.69) is 4.72 Å².